The summed E-state index contributed by atoms with van der Waals surface area (Å²) in [6.07, 6.45) is 0. The Morgan fingerprint density at radius 1 is 0.923 bits per heavy atom. The summed E-state index contributed by atoms with van der Waals surface area (Å²) in [6.45, 7) is 2.14. The number of esters is 1. The van der Waals surface area contributed by atoms with Crippen molar-refractivity contribution in [1.29, 1.82) is 0 Å². The first-order chi connectivity index (χ1) is 12.6. The third-order valence-electron chi connectivity index (χ3n) is 3.90. The molecule has 1 amide bonds. The summed E-state index contributed by atoms with van der Waals surface area (Å²) in [5.74, 6) is -0.448. The first kappa shape index (κ1) is 16.8. The van der Waals surface area contributed by atoms with E-state index in [0.717, 1.165) is 20.2 Å². The normalized spacial score (nSPS) is 11.0. The molecular weight excluding hydrogens is 366 g/mol. The van der Waals surface area contributed by atoms with Crippen LogP contribution in [0.4, 0.5) is 5.69 Å². The van der Waals surface area contributed by atoms with Gasteiger partial charge in [0.2, 0.25) is 0 Å². The monoisotopic (exact) mass is 381 g/mol. The topological polar surface area (TPSA) is 55.4 Å². The van der Waals surface area contributed by atoms with Gasteiger partial charge in [0.15, 0.2) is 0 Å². The molecule has 26 heavy (non-hydrogen) atoms. The summed E-state index contributed by atoms with van der Waals surface area (Å²) in [4.78, 5) is 25.6. The Balaban J connectivity index is 1.58. The third-order valence-corrected chi connectivity index (χ3v) is 6.11. The van der Waals surface area contributed by atoms with Gasteiger partial charge in [-0.15, -0.1) is 22.7 Å². The van der Waals surface area contributed by atoms with Crippen LogP contribution in [0.5, 0.6) is 0 Å². The van der Waals surface area contributed by atoms with E-state index >= 15 is 0 Å². The fourth-order valence-electron chi connectivity index (χ4n) is 2.71. The van der Waals surface area contributed by atoms with Crippen molar-refractivity contribution < 1.29 is 14.3 Å². The van der Waals surface area contributed by atoms with Crippen molar-refractivity contribution in [3.63, 3.8) is 0 Å². The molecule has 2 heterocycles. The van der Waals surface area contributed by atoms with Crippen LogP contribution in [0.2, 0.25) is 0 Å². The second kappa shape index (κ2) is 6.90. The average Bonchev–Trinajstić information content (AvgIpc) is 3.25. The van der Waals surface area contributed by atoms with Crippen LogP contribution in [0.25, 0.3) is 20.2 Å². The predicted molar refractivity (Wildman–Crippen MR) is 108 cm³/mol. The molecule has 4 aromatic rings. The standard InChI is InChI=1S/C20H15NO3S2/c1-2-24-20(23)18-11-13-9-14(7-8-16(13)26-18)21-19(22)17-10-12-5-3-4-6-15(12)25-17/h3-11H,2H2,1H3,(H,21,22). The Kier molecular flexibility index (Phi) is 4.44. The van der Waals surface area contributed by atoms with Crippen LogP contribution in [-0.2, 0) is 4.74 Å². The van der Waals surface area contributed by atoms with Crippen molar-refractivity contribution in [2.75, 3.05) is 11.9 Å². The molecule has 2 aromatic heterocycles. The molecule has 0 atom stereocenters. The second-order valence-corrected chi connectivity index (χ2v) is 7.85. The minimum Gasteiger partial charge on any atom is -0.462 e. The first-order valence-corrected chi connectivity index (χ1v) is 9.78. The van der Waals surface area contributed by atoms with Crippen molar-refractivity contribution in [2.45, 2.75) is 6.92 Å². The lowest BCUT2D eigenvalue weighted by atomic mass is 10.2. The number of carbonyl (C=O) groups is 2. The van der Waals surface area contributed by atoms with Crippen molar-refractivity contribution in [3.05, 3.63) is 64.4 Å². The number of nitrogens with one attached hydrogen (secondary N) is 1. The molecule has 0 radical (unpaired) electrons. The average molecular weight is 381 g/mol. The minimum absolute atomic E-state index is 0.133. The summed E-state index contributed by atoms with van der Waals surface area (Å²) in [5.41, 5.74) is 0.702. The van der Waals surface area contributed by atoms with Crippen molar-refractivity contribution >= 4 is 60.4 Å². The summed E-state index contributed by atoms with van der Waals surface area (Å²) < 4.78 is 7.11. The van der Waals surface area contributed by atoms with E-state index in [0.29, 0.717) is 22.0 Å². The maximum absolute atomic E-state index is 12.5. The third kappa shape index (κ3) is 3.21. The smallest absolute Gasteiger partial charge is 0.348 e. The fourth-order valence-corrected chi connectivity index (χ4v) is 4.61. The zero-order chi connectivity index (χ0) is 18.1. The minimum atomic E-state index is -0.315. The molecule has 0 unspecified atom stereocenters. The van der Waals surface area contributed by atoms with Gasteiger partial charge in [0.05, 0.1) is 11.5 Å². The van der Waals surface area contributed by atoms with Crippen molar-refractivity contribution in [3.8, 4) is 0 Å². The molecule has 0 aliphatic carbocycles. The van der Waals surface area contributed by atoms with Gasteiger partial charge in [0.25, 0.3) is 5.91 Å². The number of anilines is 1. The van der Waals surface area contributed by atoms with E-state index in [-0.39, 0.29) is 11.9 Å². The Morgan fingerprint density at radius 2 is 1.65 bits per heavy atom. The first-order valence-electron chi connectivity index (χ1n) is 8.14. The predicted octanol–water partition coefficient (Wildman–Crippen LogP) is 5.55. The van der Waals surface area contributed by atoms with Gasteiger partial charge in [-0.1, -0.05) is 18.2 Å². The number of amides is 1. The second-order valence-electron chi connectivity index (χ2n) is 5.69. The van der Waals surface area contributed by atoms with E-state index in [1.807, 2.05) is 48.5 Å². The maximum Gasteiger partial charge on any atom is 0.348 e. The Morgan fingerprint density at radius 3 is 2.46 bits per heavy atom. The molecule has 4 rings (SSSR count). The molecule has 4 nitrogen and oxygen atoms in total. The highest BCUT2D eigenvalue weighted by Gasteiger charge is 2.13. The lowest BCUT2D eigenvalue weighted by Gasteiger charge is -2.03. The molecular formula is C20H15NO3S2. The molecule has 130 valence electrons. The van der Waals surface area contributed by atoms with Gasteiger partial charge in [-0.3, -0.25) is 4.79 Å². The largest absolute Gasteiger partial charge is 0.462 e. The van der Waals surface area contributed by atoms with Crippen LogP contribution in [0.1, 0.15) is 26.3 Å². The quantitative estimate of drug-likeness (QED) is 0.472. The molecule has 1 N–H and O–H groups in total. The molecule has 0 aliphatic heterocycles. The van der Waals surface area contributed by atoms with E-state index in [2.05, 4.69) is 5.32 Å². The van der Waals surface area contributed by atoms with Gasteiger partial charge in [0, 0.05) is 15.1 Å². The highest BCUT2D eigenvalue weighted by atomic mass is 32.1. The van der Waals surface area contributed by atoms with E-state index in [1.54, 1.807) is 13.0 Å². The lowest BCUT2D eigenvalue weighted by Crippen LogP contribution is -2.09. The Bertz CT molecular complexity index is 1090. The fraction of sp³-hybridized carbons (Fsp3) is 0.100. The molecule has 0 fully saturated rings. The number of fused-ring (bicyclic) bond motifs is 2. The molecule has 0 saturated heterocycles. The number of thiophene rings is 2. The Hall–Kier alpha value is -2.70. The highest BCUT2D eigenvalue weighted by molar-refractivity contribution is 7.21. The van der Waals surface area contributed by atoms with E-state index in [4.69, 9.17) is 4.74 Å². The van der Waals surface area contributed by atoms with Crippen LogP contribution >= 0.6 is 22.7 Å². The number of ether oxygens (including phenoxy) is 1. The van der Waals surface area contributed by atoms with E-state index in [1.165, 1.54) is 22.7 Å². The van der Waals surface area contributed by atoms with Gasteiger partial charge in [-0.2, -0.15) is 0 Å². The highest BCUT2D eigenvalue weighted by Crippen LogP contribution is 2.30. The Labute approximate surface area is 158 Å². The van der Waals surface area contributed by atoms with Gasteiger partial charge < -0.3 is 10.1 Å². The number of rotatable bonds is 4. The lowest BCUT2D eigenvalue weighted by molar-refractivity contribution is 0.0532. The molecule has 2 aromatic carbocycles. The summed E-state index contributed by atoms with van der Waals surface area (Å²) in [7, 11) is 0. The van der Waals surface area contributed by atoms with Crippen LogP contribution in [-0.4, -0.2) is 18.5 Å². The molecule has 0 spiro atoms. The van der Waals surface area contributed by atoms with Gasteiger partial charge in [-0.05, 0) is 54.1 Å². The maximum atomic E-state index is 12.5. The molecule has 0 aliphatic rings. The number of hydrogen-bond donors (Lipinski definition) is 1. The van der Waals surface area contributed by atoms with Crippen molar-refractivity contribution in [1.82, 2.24) is 0 Å². The van der Waals surface area contributed by atoms with Crippen LogP contribution < -0.4 is 5.32 Å². The SMILES string of the molecule is CCOC(=O)c1cc2cc(NC(=O)c3cc4ccccc4s3)ccc2s1. The van der Waals surface area contributed by atoms with Crippen molar-refractivity contribution in [2.24, 2.45) is 0 Å². The summed E-state index contributed by atoms with van der Waals surface area (Å²) in [5, 5.41) is 4.91. The zero-order valence-corrected chi connectivity index (χ0v) is 15.6. The molecule has 0 saturated carbocycles. The van der Waals surface area contributed by atoms with Crippen LogP contribution in [0.3, 0.4) is 0 Å². The summed E-state index contributed by atoms with van der Waals surface area (Å²) in [6, 6.07) is 17.3. The van der Waals surface area contributed by atoms with Gasteiger partial charge in [0.1, 0.15) is 4.88 Å². The molecule has 6 heteroatoms. The van der Waals surface area contributed by atoms with E-state index in [9.17, 15) is 9.59 Å². The molecule has 0 bridgehead atoms. The van der Waals surface area contributed by atoms with Crippen LogP contribution in [0, 0.1) is 0 Å². The van der Waals surface area contributed by atoms with Gasteiger partial charge in [-0.25, -0.2) is 4.79 Å². The zero-order valence-electron chi connectivity index (χ0n) is 13.9. The van der Waals surface area contributed by atoms with Gasteiger partial charge >= 0.3 is 5.97 Å². The number of hydrogen-bond acceptors (Lipinski definition) is 5. The number of carbonyl (C=O) groups excluding carboxylic acids is 2. The number of benzene rings is 2. The van der Waals surface area contributed by atoms with E-state index < -0.39 is 0 Å². The summed E-state index contributed by atoms with van der Waals surface area (Å²) >= 11 is 2.86. The van der Waals surface area contributed by atoms with Crippen LogP contribution in [0.15, 0.2) is 54.6 Å².